The zero-order valence-electron chi connectivity index (χ0n) is 12.6. The molecule has 1 aliphatic rings. The molecule has 5 heteroatoms. The molecule has 0 fully saturated rings. The molecule has 0 bridgehead atoms. The predicted molar refractivity (Wildman–Crippen MR) is 95.1 cm³/mol. The smallest absolute Gasteiger partial charge is 0.234 e. The van der Waals surface area contributed by atoms with Crippen molar-refractivity contribution in [2.45, 2.75) is 33.1 Å². The molecule has 1 aromatic rings. The van der Waals surface area contributed by atoms with E-state index in [1.54, 1.807) is 0 Å². The van der Waals surface area contributed by atoms with Crippen LogP contribution in [0, 0.1) is 0 Å². The van der Waals surface area contributed by atoms with Crippen LogP contribution < -0.4 is 5.32 Å². The van der Waals surface area contributed by atoms with Gasteiger partial charge in [-0.2, -0.15) is 0 Å². The number of carbonyl (C=O) groups excluding carboxylic acids is 1. The highest BCUT2D eigenvalue weighted by atomic mass is 32.2. The van der Waals surface area contributed by atoms with Crippen molar-refractivity contribution in [2.24, 2.45) is 0 Å². The van der Waals surface area contributed by atoms with E-state index in [1.165, 1.54) is 29.3 Å². The molecule has 2 rings (SSSR count). The molecule has 3 nitrogen and oxygen atoms in total. The summed E-state index contributed by atoms with van der Waals surface area (Å²) in [5, 5.41) is 2.96. The number of nitrogens with zero attached hydrogens (tertiary/aromatic N) is 1. The van der Waals surface area contributed by atoms with Crippen molar-refractivity contribution in [2.75, 3.05) is 24.2 Å². The van der Waals surface area contributed by atoms with E-state index < -0.39 is 0 Å². The molecular weight excluding hydrogens is 300 g/mol. The average molecular weight is 322 g/mol. The Hall–Kier alpha value is -1.07. The Morgan fingerprint density at radius 2 is 2.00 bits per heavy atom. The summed E-state index contributed by atoms with van der Waals surface area (Å²) < 4.78 is 0.795. The molecule has 1 N–H and O–H groups in total. The zero-order valence-corrected chi connectivity index (χ0v) is 14.3. The number of amides is 1. The number of fused-ring (bicyclic) bond motifs is 1. The monoisotopic (exact) mass is 322 g/mol. The first kappa shape index (κ1) is 16.3. The second kappa shape index (κ2) is 7.80. The maximum Gasteiger partial charge on any atom is 0.234 e. The fourth-order valence-electron chi connectivity index (χ4n) is 2.55. The third kappa shape index (κ3) is 4.45. The van der Waals surface area contributed by atoms with Gasteiger partial charge in [0.15, 0.2) is 0 Å². The minimum Gasteiger partial charge on any atom is -0.358 e. The molecule has 1 amide bonds. The number of thioether (sulfide) groups is 1. The molecule has 0 spiro atoms. The van der Waals surface area contributed by atoms with Gasteiger partial charge in [0, 0.05) is 18.8 Å². The molecule has 0 atom stereocenters. The van der Waals surface area contributed by atoms with Crippen molar-refractivity contribution in [1.29, 1.82) is 0 Å². The van der Waals surface area contributed by atoms with Gasteiger partial charge in [-0.25, -0.2) is 0 Å². The summed E-state index contributed by atoms with van der Waals surface area (Å²) in [6.45, 7) is 5.91. The molecule has 0 saturated heterocycles. The zero-order chi connectivity index (χ0) is 15.2. The van der Waals surface area contributed by atoms with E-state index in [1.807, 2.05) is 6.07 Å². The molecule has 0 radical (unpaired) electrons. The SMILES string of the molecule is CCN(CC)C(=S)SCC(=O)Nc1ccc2c(c1)CCC2. The van der Waals surface area contributed by atoms with E-state index in [-0.39, 0.29) is 5.91 Å². The Labute approximate surface area is 136 Å². The van der Waals surface area contributed by atoms with Gasteiger partial charge in [-0.3, -0.25) is 4.79 Å². The second-order valence-electron chi connectivity index (χ2n) is 5.11. The van der Waals surface area contributed by atoms with Crippen molar-refractivity contribution in [1.82, 2.24) is 4.90 Å². The van der Waals surface area contributed by atoms with Crippen molar-refractivity contribution >= 4 is 39.9 Å². The van der Waals surface area contributed by atoms with Crippen LogP contribution in [-0.2, 0) is 17.6 Å². The molecule has 0 unspecified atom stereocenters. The fraction of sp³-hybridized carbons (Fsp3) is 0.500. The quantitative estimate of drug-likeness (QED) is 0.841. The highest BCUT2D eigenvalue weighted by Gasteiger charge is 2.13. The number of hydrogen-bond acceptors (Lipinski definition) is 3. The lowest BCUT2D eigenvalue weighted by Gasteiger charge is -2.20. The normalized spacial score (nSPS) is 12.9. The fourth-order valence-corrected chi connectivity index (χ4v) is 3.75. The number of hydrogen-bond donors (Lipinski definition) is 1. The van der Waals surface area contributed by atoms with Gasteiger partial charge in [-0.1, -0.05) is 30.0 Å². The van der Waals surface area contributed by atoms with Crippen molar-refractivity contribution in [3.8, 4) is 0 Å². The molecule has 1 aromatic carbocycles. The van der Waals surface area contributed by atoms with E-state index in [9.17, 15) is 4.79 Å². The molecular formula is C16H22N2OS2. The second-order valence-corrected chi connectivity index (χ2v) is 6.72. The molecule has 0 aromatic heterocycles. The van der Waals surface area contributed by atoms with E-state index >= 15 is 0 Å². The molecule has 0 aliphatic heterocycles. The minimum atomic E-state index is 0.00690. The van der Waals surface area contributed by atoms with Crippen LogP contribution in [0.4, 0.5) is 5.69 Å². The third-order valence-corrected chi connectivity index (χ3v) is 5.25. The number of aryl methyl sites for hydroxylation is 2. The number of anilines is 1. The number of benzene rings is 1. The maximum absolute atomic E-state index is 12.0. The predicted octanol–water partition coefficient (Wildman–Crippen LogP) is 3.47. The van der Waals surface area contributed by atoms with Gasteiger partial charge in [-0.05, 0) is 56.4 Å². The maximum atomic E-state index is 12.0. The van der Waals surface area contributed by atoms with Crippen LogP contribution in [0.15, 0.2) is 18.2 Å². The largest absolute Gasteiger partial charge is 0.358 e. The van der Waals surface area contributed by atoms with Gasteiger partial charge in [0.2, 0.25) is 5.91 Å². The molecule has 114 valence electrons. The number of thiocarbonyl (C=S) groups is 1. The van der Waals surface area contributed by atoms with Crippen molar-refractivity contribution in [3.63, 3.8) is 0 Å². The van der Waals surface area contributed by atoms with E-state index in [4.69, 9.17) is 12.2 Å². The van der Waals surface area contributed by atoms with Gasteiger partial charge in [0.1, 0.15) is 4.32 Å². The minimum absolute atomic E-state index is 0.00690. The first-order valence-electron chi connectivity index (χ1n) is 7.47. The third-order valence-electron chi connectivity index (χ3n) is 3.73. The van der Waals surface area contributed by atoms with Crippen LogP contribution in [0.1, 0.15) is 31.4 Å². The summed E-state index contributed by atoms with van der Waals surface area (Å²) >= 11 is 6.76. The summed E-state index contributed by atoms with van der Waals surface area (Å²) in [5.41, 5.74) is 3.69. The summed E-state index contributed by atoms with van der Waals surface area (Å²) in [6.07, 6.45) is 3.51. The van der Waals surface area contributed by atoms with Gasteiger partial charge in [0.05, 0.1) is 5.75 Å². The Bertz CT molecular complexity index is 527. The van der Waals surface area contributed by atoms with Gasteiger partial charge < -0.3 is 10.2 Å². The molecule has 1 aliphatic carbocycles. The Kier molecular flexibility index (Phi) is 6.06. The van der Waals surface area contributed by atoms with Gasteiger partial charge in [0.25, 0.3) is 0 Å². The van der Waals surface area contributed by atoms with Crippen molar-refractivity contribution in [3.05, 3.63) is 29.3 Å². The summed E-state index contributed by atoms with van der Waals surface area (Å²) in [7, 11) is 0. The number of carbonyl (C=O) groups is 1. The highest BCUT2D eigenvalue weighted by molar-refractivity contribution is 8.23. The standard InChI is InChI=1S/C16H22N2OS2/c1-3-18(4-2)16(20)21-11-15(19)17-14-9-8-12-6-5-7-13(12)10-14/h8-10H,3-7,11H2,1-2H3,(H,17,19). The lowest BCUT2D eigenvalue weighted by atomic mass is 10.1. The first-order valence-corrected chi connectivity index (χ1v) is 8.86. The average Bonchev–Trinajstić information content (AvgIpc) is 2.94. The summed E-state index contributed by atoms with van der Waals surface area (Å²) in [5.74, 6) is 0.374. The Morgan fingerprint density at radius 3 is 2.71 bits per heavy atom. The Morgan fingerprint density at radius 1 is 1.29 bits per heavy atom. The van der Waals surface area contributed by atoms with Gasteiger partial charge >= 0.3 is 0 Å². The van der Waals surface area contributed by atoms with Crippen LogP contribution in [-0.4, -0.2) is 34.0 Å². The molecule has 21 heavy (non-hydrogen) atoms. The number of rotatable bonds is 5. The van der Waals surface area contributed by atoms with Gasteiger partial charge in [-0.15, -0.1) is 0 Å². The lowest BCUT2D eigenvalue weighted by molar-refractivity contribution is -0.113. The molecule has 0 saturated carbocycles. The topological polar surface area (TPSA) is 32.3 Å². The summed E-state index contributed by atoms with van der Waals surface area (Å²) in [4.78, 5) is 14.1. The molecule has 0 heterocycles. The van der Waals surface area contributed by atoms with Crippen LogP contribution >= 0.6 is 24.0 Å². The van der Waals surface area contributed by atoms with Crippen LogP contribution in [0.5, 0.6) is 0 Å². The van der Waals surface area contributed by atoms with E-state index in [0.717, 1.165) is 35.9 Å². The lowest BCUT2D eigenvalue weighted by Crippen LogP contribution is -2.28. The van der Waals surface area contributed by atoms with Crippen LogP contribution in [0.3, 0.4) is 0 Å². The van der Waals surface area contributed by atoms with Crippen LogP contribution in [0.2, 0.25) is 0 Å². The number of nitrogens with one attached hydrogen (secondary N) is 1. The van der Waals surface area contributed by atoms with E-state index in [0.29, 0.717) is 5.75 Å². The van der Waals surface area contributed by atoms with E-state index in [2.05, 4.69) is 36.2 Å². The Balaban J connectivity index is 1.83. The highest BCUT2D eigenvalue weighted by Crippen LogP contribution is 2.25. The van der Waals surface area contributed by atoms with Crippen molar-refractivity contribution < 1.29 is 4.79 Å². The van der Waals surface area contributed by atoms with Crippen LogP contribution in [0.25, 0.3) is 0 Å². The first-order chi connectivity index (χ1) is 10.1. The summed E-state index contributed by atoms with van der Waals surface area (Å²) in [6, 6.07) is 6.23.